The molecule has 0 bridgehead atoms. The van der Waals surface area contributed by atoms with E-state index in [-0.39, 0.29) is 28.3 Å². The Hall–Kier alpha value is -3.47. The maximum atomic E-state index is 13.1. The minimum absolute atomic E-state index is 0.0377. The van der Waals surface area contributed by atoms with E-state index in [2.05, 4.69) is 6.58 Å². The number of hydrogen-bond acceptors (Lipinski definition) is 7. The average molecular weight is 515 g/mol. The molecule has 0 saturated carbocycles. The van der Waals surface area contributed by atoms with Crippen LogP contribution in [0.3, 0.4) is 0 Å². The number of Topliss-reactive ketones (excluding diaryl/α,β-unsaturated/α-hetero) is 1. The average Bonchev–Trinajstić information content (AvgIpc) is 3.12. The van der Waals surface area contributed by atoms with Crippen LogP contribution in [0.25, 0.3) is 5.76 Å². The van der Waals surface area contributed by atoms with Crippen molar-refractivity contribution in [2.45, 2.75) is 17.4 Å². The van der Waals surface area contributed by atoms with Crippen LogP contribution in [-0.2, 0) is 24.3 Å². The van der Waals surface area contributed by atoms with Crippen molar-refractivity contribution in [1.82, 2.24) is 9.21 Å². The Balaban J connectivity index is 2.07. The third kappa shape index (κ3) is 5.51. The summed E-state index contributed by atoms with van der Waals surface area (Å²) in [7, 11) is 0.719. The third-order valence-electron chi connectivity index (χ3n) is 5.76. The molecule has 0 aromatic heterocycles. The van der Waals surface area contributed by atoms with Crippen molar-refractivity contribution in [3.05, 3.63) is 77.9 Å². The topological polar surface area (TPSA) is 113 Å². The molecule has 1 N–H and O–H groups in total. The van der Waals surface area contributed by atoms with Crippen molar-refractivity contribution in [3.8, 4) is 5.75 Å². The zero-order chi connectivity index (χ0) is 26.5. The van der Waals surface area contributed by atoms with E-state index in [1.165, 1.54) is 43.3 Å². The summed E-state index contributed by atoms with van der Waals surface area (Å²) in [6, 6.07) is 11.6. The Morgan fingerprint density at radius 3 is 2.31 bits per heavy atom. The number of carbonyl (C=O) groups is 2. The van der Waals surface area contributed by atoms with Gasteiger partial charge in [-0.25, -0.2) is 12.7 Å². The van der Waals surface area contributed by atoms with Crippen LogP contribution >= 0.6 is 0 Å². The number of likely N-dealkylation sites (tertiary alicyclic amines) is 1. The molecule has 1 saturated heterocycles. The minimum Gasteiger partial charge on any atom is -0.507 e. The molecule has 1 heterocycles. The van der Waals surface area contributed by atoms with E-state index in [0.717, 1.165) is 4.31 Å². The first-order chi connectivity index (χ1) is 17.1. The van der Waals surface area contributed by atoms with Crippen LogP contribution in [0.15, 0.2) is 71.7 Å². The maximum absolute atomic E-state index is 13.1. The number of rotatable bonds is 11. The van der Waals surface area contributed by atoms with E-state index in [0.29, 0.717) is 30.9 Å². The molecular weight excluding hydrogens is 484 g/mol. The molecule has 10 heteroatoms. The highest BCUT2D eigenvalue weighted by molar-refractivity contribution is 7.89. The highest BCUT2D eigenvalue weighted by Crippen LogP contribution is 2.40. The molecule has 2 aromatic rings. The van der Waals surface area contributed by atoms with Gasteiger partial charge in [0.15, 0.2) is 0 Å². The van der Waals surface area contributed by atoms with Gasteiger partial charge in [0.05, 0.1) is 16.5 Å². The molecule has 1 amide bonds. The number of benzene rings is 2. The van der Waals surface area contributed by atoms with Gasteiger partial charge in [-0.2, -0.15) is 0 Å². The van der Waals surface area contributed by atoms with Gasteiger partial charge < -0.3 is 19.5 Å². The van der Waals surface area contributed by atoms with Crippen LogP contribution in [0, 0.1) is 0 Å². The molecule has 3 rings (SSSR count). The first-order valence-corrected chi connectivity index (χ1v) is 12.7. The van der Waals surface area contributed by atoms with Crippen LogP contribution in [0.4, 0.5) is 0 Å². The van der Waals surface area contributed by atoms with Crippen LogP contribution in [0.2, 0.25) is 0 Å². The summed E-state index contributed by atoms with van der Waals surface area (Å²) in [6.07, 6.45) is 2.12. The van der Waals surface area contributed by atoms with Crippen molar-refractivity contribution >= 4 is 27.5 Å². The van der Waals surface area contributed by atoms with E-state index < -0.39 is 27.8 Å². The van der Waals surface area contributed by atoms with E-state index in [1.807, 2.05) is 0 Å². The van der Waals surface area contributed by atoms with Crippen molar-refractivity contribution < 1.29 is 32.6 Å². The normalized spacial score (nSPS) is 17.6. The molecule has 1 unspecified atom stereocenters. The van der Waals surface area contributed by atoms with Gasteiger partial charge in [0.2, 0.25) is 10.0 Å². The molecular formula is C26H30N2O7S. The summed E-state index contributed by atoms with van der Waals surface area (Å²) >= 11 is 0. The molecule has 1 atom stereocenters. The third-order valence-corrected chi connectivity index (χ3v) is 7.59. The summed E-state index contributed by atoms with van der Waals surface area (Å²) < 4.78 is 36.5. The van der Waals surface area contributed by atoms with Crippen LogP contribution in [0.1, 0.15) is 23.6 Å². The van der Waals surface area contributed by atoms with Crippen molar-refractivity contribution in [3.63, 3.8) is 0 Å². The van der Waals surface area contributed by atoms with Crippen molar-refractivity contribution in [2.24, 2.45) is 0 Å². The standard InChI is InChI=1S/C26H30N2O7S/c1-5-16-35-20-11-7-18(8-12-20)23-22(25(30)26(31)28(23)15-6-17-34-4)24(29)19-9-13-21(14-10-19)36(32,33)27(2)3/h5,7-14,23,29H,1,6,15-17H2,2-4H3/b24-22+. The first-order valence-electron chi connectivity index (χ1n) is 11.3. The number of amides is 1. The largest absolute Gasteiger partial charge is 0.507 e. The number of aliphatic hydroxyl groups is 1. The van der Waals surface area contributed by atoms with Crippen LogP contribution < -0.4 is 4.74 Å². The Kier molecular flexibility index (Phi) is 8.67. The molecule has 1 fully saturated rings. The number of carbonyl (C=O) groups excluding carboxylic acids is 2. The van der Waals surface area contributed by atoms with E-state index in [1.54, 1.807) is 37.5 Å². The highest BCUT2D eigenvalue weighted by Gasteiger charge is 2.45. The number of aliphatic hydroxyl groups excluding tert-OH is 1. The monoisotopic (exact) mass is 514 g/mol. The Morgan fingerprint density at radius 1 is 1.11 bits per heavy atom. The van der Waals surface area contributed by atoms with Gasteiger partial charge in [-0.1, -0.05) is 24.8 Å². The molecule has 0 spiro atoms. The fourth-order valence-electron chi connectivity index (χ4n) is 3.89. The first kappa shape index (κ1) is 27.1. The number of ketones is 1. The lowest BCUT2D eigenvalue weighted by molar-refractivity contribution is -0.140. The molecule has 1 aliphatic heterocycles. The zero-order valence-electron chi connectivity index (χ0n) is 20.5. The van der Waals surface area contributed by atoms with Gasteiger partial charge in [0, 0.05) is 39.9 Å². The lowest BCUT2D eigenvalue weighted by Crippen LogP contribution is -2.31. The highest BCUT2D eigenvalue weighted by atomic mass is 32.2. The molecule has 0 aliphatic carbocycles. The van der Waals surface area contributed by atoms with Crippen molar-refractivity contribution in [2.75, 3.05) is 41.0 Å². The second-order valence-electron chi connectivity index (χ2n) is 8.32. The summed E-state index contributed by atoms with van der Waals surface area (Å²) in [5.41, 5.74) is 0.768. The van der Waals surface area contributed by atoms with E-state index >= 15 is 0 Å². The predicted molar refractivity (Wildman–Crippen MR) is 135 cm³/mol. The Bertz CT molecular complexity index is 1250. The minimum atomic E-state index is -3.67. The smallest absolute Gasteiger partial charge is 0.295 e. The van der Waals surface area contributed by atoms with Gasteiger partial charge in [-0.3, -0.25) is 9.59 Å². The van der Waals surface area contributed by atoms with Gasteiger partial charge in [-0.15, -0.1) is 0 Å². The summed E-state index contributed by atoms with van der Waals surface area (Å²) in [4.78, 5) is 27.5. The molecule has 9 nitrogen and oxygen atoms in total. The summed E-state index contributed by atoms with van der Waals surface area (Å²) in [6.45, 7) is 4.58. The van der Waals surface area contributed by atoms with Crippen LogP contribution in [-0.4, -0.2) is 75.4 Å². The summed E-state index contributed by atoms with van der Waals surface area (Å²) in [5, 5.41) is 11.2. The molecule has 192 valence electrons. The molecule has 1 aliphatic rings. The second-order valence-corrected chi connectivity index (χ2v) is 10.5. The Morgan fingerprint density at radius 2 is 1.75 bits per heavy atom. The van der Waals surface area contributed by atoms with Crippen molar-refractivity contribution in [1.29, 1.82) is 0 Å². The number of methoxy groups -OCH3 is 1. The summed E-state index contributed by atoms with van der Waals surface area (Å²) in [5.74, 6) is -1.33. The van der Waals surface area contributed by atoms with E-state index in [4.69, 9.17) is 9.47 Å². The van der Waals surface area contributed by atoms with Gasteiger partial charge in [0.1, 0.15) is 18.1 Å². The molecule has 36 heavy (non-hydrogen) atoms. The predicted octanol–water partition coefficient (Wildman–Crippen LogP) is 2.96. The number of ether oxygens (including phenoxy) is 2. The van der Waals surface area contributed by atoms with Gasteiger partial charge >= 0.3 is 0 Å². The Labute approximate surface area is 211 Å². The lowest BCUT2D eigenvalue weighted by atomic mass is 9.95. The fraction of sp³-hybridized carbons (Fsp3) is 0.308. The SMILES string of the molecule is C=CCOc1ccc(C2/C(=C(\O)c3ccc(S(=O)(=O)N(C)C)cc3)C(=O)C(=O)N2CCCOC)cc1. The quantitative estimate of drug-likeness (QED) is 0.161. The number of hydrogen-bond donors (Lipinski definition) is 1. The van der Waals surface area contributed by atoms with Crippen LogP contribution in [0.5, 0.6) is 5.75 Å². The molecule has 2 aromatic carbocycles. The number of sulfonamides is 1. The van der Waals surface area contributed by atoms with Gasteiger partial charge in [0.25, 0.3) is 11.7 Å². The zero-order valence-corrected chi connectivity index (χ0v) is 21.3. The number of nitrogens with zero attached hydrogens (tertiary/aromatic N) is 2. The van der Waals surface area contributed by atoms with E-state index in [9.17, 15) is 23.1 Å². The second kappa shape index (κ2) is 11.5. The molecule has 0 radical (unpaired) electrons. The maximum Gasteiger partial charge on any atom is 0.295 e. The fourth-order valence-corrected chi connectivity index (χ4v) is 4.79. The van der Waals surface area contributed by atoms with Gasteiger partial charge in [-0.05, 0) is 48.4 Å². The lowest BCUT2D eigenvalue weighted by Gasteiger charge is -2.25.